The molecule has 6 heteroatoms. The maximum Gasteiger partial charge on any atom is 0.339 e. The van der Waals surface area contributed by atoms with Crippen molar-refractivity contribution in [2.24, 2.45) is 0 Å². The van der Waals surface area contributed by atoms with Gasteiger partial charge in [-0.1, -0.05) is 42.5 Å². The number of carbonyl (C=O) groups excluding carboxylic acids is 2. The molecule has 0 aromatic heterocycles. The molecule has 0 unspecified atom stereocenters. The number of carbonyl (C=O) groups is 2. The molecule has 0 aliphatic carbocycles. The first kappa shape index (κ1) is 19.8. The lowest BCUT2D eigenvalue weighted by atomic mass is 10.1. The van der Waals surface area contributed by atoms with Crippen molar-refractivity contribution in [3.8, 4) is 11.5 Å². The van der Waals surface area contributed by atoms with Gasteiger partial charge < -0.3 is 19.1 Å². The minimum atomic E-state index is -0.504. The van der Waals surface area contributed by atoms with Gasteiger partial charge in [0.25, 0.3) is 5.91 Å². The zero-order valence-electron chi connectivity index (χ0n) is 16.8. The smallest absolute Gasteiger partial charge is 0.339 e. The van der Waals surface area contributed by atoms with E-state index in [1.807, 2.05) is 55.5 Å². The Hall–Kier alpha value is -3.54. The van der Waals surface area contributed by atoms with Gasteiger partial charge in [-0.05, 0) is 41.5 Å². The fraction of sp³-hybridized carbons (Fsp3) is 0.250. The number of fused-ring (bicyclic) bond motifs is 2. The van der Waals surface area contributed by atoms with Crippen LogP contribution in [0.1, 0.15) is 22.8 Å². The summed E-state index contributed by atoms with van der Waals surface area (Å²) in [5.41, 5.74) is 1.38. The highest BCUT2D eigenvalue weighted by atomic mass is 16.6. The molecule has 0 N–H and O–H groups in total. The van der Waals surface area contributed by atoms with Gasteiger partial charge in [0.2, 0.25) is 0 Å². The topological polar surface area (TPSA) is 65.1 Å². The van der Waals surface area contributed by atoms with Crippen molar-refractivity contribution in [3.05, 3.63) is 71.8 Å². The fourth-order valence-electron chi connectivity index (χ4n) is 3.48. The Labute approximate surface area is 175 Å². The maximum atomic E-state index is 12.7. The molecule has 1 amide bonds. The van der Waals surface area contributed by atoms with Crippen molar-refractivity contribution in [1.82, 2.24) is 4.90 Å². The molecule has 0 saturated heterocycles. The lowest BCUT2D eigenvalue weighted by molar-refractivity contribution is -0.134. The second-order valence-corrected chi connectivity index (χ2v) is 6.99. The number of hydrogen-bond donors (Lipinski definition) is 0. The van der Waals surface area contributed by atoms with E-state index < -0.39 is 5.97 Å². The van der Waals surface area contributed by atoms with Crippen LogP contribution < -0.4 is 9.47 Å². The van der Waals surface area contributed by atoms with Crippen molar-refractivity contribution in [2.75, 3.05) is 26.4 Å². The normalized spacial score (nSPS) is 12.4. The highest BCUT2D eigenvalue weighted by molar-refractivity contribution is 6.04. The second-order valence-electron chi connectivity index (χ2n) is 6.99. The quantitative estimate of drug-likeness (QED) is 0.584. The van der Waals surface area contributed by atoms with Crippen molar-refractivity contribution in [3.63, 3.8) is 0 Å². The molecular weight excluding hydrogens is 382 g/mol. The SMILES string of the molecule is CCN(Cc1ccc2c(c1)OCCO2)C(=O)COC(=O)c1cccc2ccccc12. The molecule has 154 valence electrons. The summed E-state index contributed by atoms with van der Waals surface area (Å²) in [6, 6.07) is 18.7. The summed E-state index contributed by atoms with van der Waals surface area (Å²) in [7, 11) is 0. The molecule has 3 aromatic rings. The van der Waals surface area contributed by atoms with Crippen molar-refractivity contribution < 1.29 is 23.8 Å². The van der Waals surface area contributed by atoms with Gasteiger partial charge in [0.1, 0.15) is 13.2 Å². The number of benzene rings is 3. The van der Waals surface area contributed by atoms with Gasteiger partial charge in [-0.25, -0.2) is 4.79 Å². The molecule has 3 aromatic carbocycles. The third-order valence-corrected chi connectivity index (χ3v) is 5.05. The van der Waals surface area contributed by atoms with E-state index in [1.54, 1.807) is 17.0 Å². The largest absolute Gasteiger partial charge is 0.486 e. The zero-order valence-corrected chi connectivity index (χ0v) is 16.8. The number of rotatable bonds is 6. The molecule has 6 nitrogen and oxygen atoms in total. The highest BCUT2D eigenvalue weighted by Crippen LogP contribution is 2.31. The zero-order chi connectivity index (χ0) is 20.9. The minimum absolute atomic E-state index is 0.249. The minimum Gasteiger partial charge on any atom is -0.486 e. The lowest BCUT2D eigenvalue weighted by Gasteiger charge is -2.23. The number of ether oxygens (including phenoxy) is 3. The van der Waals surface area contributed by atoms with Gasteiger partial charge in [-0.15, -0.1) is 0 Å². The van der Waals surface area contributed by atoms with E-state index in [2.05, 4.69) is 0 Å². The Morgan fingerprint density at radius 1 is 0.967 bits per heavy atom. The molecule has 1 aliphatic heterocycles. The van der Waals surface area contributed by atoms with Crippen LogP contribution in [0.5, 0.6) is 11.5 Å². The van der Waals surface area contributed by atoms with E-state index in [-0.39, 0.29) is 12.5 Å². The first-order valence-electron chi connectivity index (χ1n) is 9.97. The van der Waals surface area contributed by atoms with E-state index in [0.717, 1.165) is 16.3 Å². The van der Waals surface area contributed by atoms with E-state index in [0.29, 0.717) is 43.4 Å². The molecule has 1 heterocycles. The number of nitrogens with zero attached hydrogens (tertiary/aromatic N) is 1. The van der Waals surface area contributed by atoms with Crippen LogP contribution >= 0.6 is 0 Å². The Balaban J connectivity index is 1.40. The van der Waals surface area contributed by atoms with Crippen molar-refractivity contribution in [1.29, 1.82) is 0 Å². The van der Waals surface area contributed by atoms with E-state index in [1.165, 1.54) is 0 Å². The second kappa shape index (κ2) is 8.86. The molecule has 1 aliphatic rings. The monoisotopic (exact) mass is 405 g/mol. The third kappa shape index (κ3) is 4.22. The molecule has 0 spiro atoms. The Morgan fingerprint density at radius 2 is 1.73 bits per heavy atom. The average molecular weight is 405 g/mol. The molecule has 4 rings (SSSR count). The first-order valence-corrected chi connectivity index (χ1v) is 9.97. The molecule has 0 saturated carbocycles. The van der Waals surface area contributed by atoms with Crippen LogP contribution in [-0.2, 0) is 16.1 Å². The summed E-state index contributed by atoms with van der Waals surface area (Å²) in [6.07, 6.45) is 0. The molecule has 0 radical (unpaired) electrons. The molecule has 0 atom stereocenters. The summed E-state index contributed by atoms with van der Waals surface area (Å²) >= 11 is 0. The van der Waals surface area contributed by atoms with Gasteiger partial charge in [-0.3, -0.25) is 4.79 Å². The summed E-state index contributed by atoms with van der Waals surface area (Å²) in [4.78, 5) is 26.9. The van der Waals surface area contributed by atoms with Gasteiger partial charge in [0, 0.05) is 13.1 Å². The Morgan fingerprint density at radius 3 is 2.57 bits per heavy atom. The van der Waals surface area contributed by atoms with Crippen LogP contribution in [-0.4, -0.2) is 43.1 Å². The standard InChI is InChI=1S/C24H23NO5/c1-2-25(15-17-10-11-21-22(14-17)29-13-12-28-21)23(26)16-30-24(27)20-9-5-7-18-6-3-4-8-19(18)20/h3-11,14H,2,12-13,15-16H2,1H3. The number of esters is 1. The van der Waals surface area contributed by atoms with Crippen LogP contribution in [0.4, 0.5) is 0 Å². The van der Waals surface area contributed by atoms with Crippen LogP contribution in [0.25, 0.3) is 10.8 Å². The summed E-state index contributed by atoms with van der Waals surface area (Å²) in [5.74, 6) is 0.643. The predicted molar refractivity (Wildman–Crippen MR) is 113 cm³/mol. The van der Waals surface area contributed by atoms with E-state index in [9.17, 15) is 9.59 Å². The Kier molecular flexibility index (Phi) is 5.84. The Bertz CT molecular complexity index is 1070. The summed E-state index contributed by atoms with van der Waals surface area (Å²) < 4.78 is 16.5. The first-order chi connectivity index (χ1) is 14.7. The van der Waals surface area contributed by atoms with Crippen LogP contribution in [0.2, 0.25) is 0 Å². The fourth-order valence-corrected chi connectivity index (χ4v) is 3.48. The van der Waals surface area contributed by atoms with Gasteiger partial charge in [-0.2, -0.15) is 0 Å². The van der Waals surface area contributed by atoms with E-state index >= 15 is 0 Å². The molecule has 0 bridgehead atoms. The summed E-state index contributed by atoms with van der Waals surface area (Å²) in [6.45, 7) is 3.53. The number of hydrogen-bond acceptors (Lipinski definition) is 5. The molecule has 30 heavy (non-hydrogen) atoms. The number of likely N-dealkylation sites (N-methyl/N-ethyl adjacent to an activating group) is 1. The summed E-state index contributed by atoms with van der Waals surface area (Å²) in [5, 5.41) is 1.76. The van der Waals surface area contributed by atoms with Crippen molar-refractivity contribution in [2.45, 2.75) is 13.5 Å². The van der Waals surface area contributed by atoms with Crippen LogP contribution in [0.3, 0.4) is 0 Å². The van der Waals surface area contributed by atoms with E-state index in [4.69, 9.17) is 14.2 Å². The molecular formula is C24H23NO5. The van der Waals surface area contributed by atoms with Crippen LogP contribution in [0, 0.1) is 0 Å². The van der Waals surface area contributed by atoms with Crippen molar-refractivity contribution >= 4 is 22.6 Å². The predicted octanol–water partition coefficient (Wildman–Crippen LogP) is 3.82. The van der Waals surface area contributed by atoms with Gasteiger partial charge >= 0.3 is 5.97 Å². The average Bonchev–Trinajstić information content (AvgIpc) is 2.80. The van der Waals surface area contributed by atoms with Gasteiger partial charge in [0.05, 0.1) is 5.56 Å². The van der Waals surface area contributed by atoms with Gasteiger partial charge in [0.15, 0.2) is 18.1 Å². The highest BCUT2D eigenvalue weighted by Gasteiger charge is 2.18. The molecule has 0 fully saturated rings. The number of amides is 1. The third-order valence-electron chi connectivity index (χ3n) is 5.05. The van der Waals surface area contributed by atoms with Crippen LogP contribution in [0.15, 0.2) is 60.7 Å². The lowest BCUT2D eigenvalue weighted by Crippen LogP contribution is -2.34. The maximum absolute atomic E-state index is 12.7.